The van der Waals surface area contributed by atoms with Crippen molar-refractivity contribution >= 4 is 46.3 Å². The number of halogens is 2. The fourth-order valence-electron chi connectivity index (χ4n) is 5.13. The average Bonchev–Trinajstić information content (AvgIpc) is 3.48. The number of anilines is 3. The number of carbonyl (C=O) groups excluding carboxylic acids is 1. The molecular weight excluding hydrogens is 471 g/mol. The molecule has 4 N–H and O–H groups in total. The van der Waals surface area contributed by atoms with E-state index in [9.17, 15) is 9.18 Å². The molecule has 2 aliphatic rings. The number of hydrogen-bond acceptors (Lipinski definition) is 7. The number of nitrogens with zero attached hydrogens (tertiary/aromatic N) is 5. The number of benzene rings is 1. The van der Waals surface area contributed by atoms with Gasteiger partial charge < -0.3 is 16.4 Å². The zero-order valence-electron chi connectivity index (χ0n) is 19.1. The number of amides is 1. The predicted octanol–water partition coefficient (Wildman–Crippen LogP) is 4.81. The first-order chi connectivity index (χ1) is 16.9. The third-order valence-electron chi connectivity index (χ3n) is 6.99. The number of hydrogen-bond donors (Lipinski definition) is 3. The first-order valence-corrected chi connectivity index (χ1v) is 12.3. The Labute approximate surface area is 206 Å². The molecule has 35 heavy (non-hydrogen) atoms. The fourth-order valence-corrected chi connectivity index (χ4v) is 5.39. The normalized spacial score (nSPS) is 20.6. The van der Waals surface area contributed by atoms with Crippen molar-refractivity contribution in [3.05, 3.63) is 34.7 Å². The predicted molar refractivity (Wildman–Crippen MR) is 131 cm³/mol. The van der Waals surface area contributed by atoms with Crippen LogP contribution in [0.2, 0.25) is 5.02 Å². The number of nitriles is 1. The Hall–Kier alpha value is -3.45. The molecule has 5 rings (SSSR count). The van der Waals surface area contributed by atoms with Crippen molar-refractivity contribution in [3.63, 3.8) is 0 Å². The summed E-state index contributed by atoms with van der Waals surface area (Å²) in [7, 11) is 0. The Bertz CT molecular complexity index is 1280. The summed E-state index contributed by atoms with van der Waals surface area (Å²) in [6, 6.07) is 4.75. The van der Waals surface area contributed by atoms with E-state index < -0.39 is 5.82 Å². The molecule has 1 aromatic carbocycles. The van der Waals surface area contributed by atoms with Crippen LogP contribution >= 0.6 is 11.6 Å². The molecule has 0 bridgehead atoms. The van der Waals surface area contributed by atoms with Gasteiger partial charge >= 0.3 is 0 Å². The van der Waals surface area contributed by atoms with Crippen LogP contribution in [-0.4, -0.2) is 31.5 Å². The lowest BCUT2D eigenvalue weighted by molar-refractivity contribution is -0.122. The number of carbonyl (C=O) groups is 1. The van der Waals surface area contributed by atoms with Gasteiger partial charge in [0.2, 0.25) is 17.8 Å². The summed E-state index contributed by atoms with van der Waals surface area (Å²) < 4.78 is 16.8. The second-order valence-corrected chi connectivity index (χ2v) is 9.70. The number of imidazole rings is 1. The molecule has 3 aromatic rings. The van der Waals surface area contributed by atoms with Crippen LogP contribution in [0.4, 0.5) is 22.0 Å². The van der Waals surface area contributed by atoms with Crippen LogP contribution in [0.15, 0.2) is 18.3 Å². The lowest BCUT2D eigenvalue weighted by atomic mass is 9.85. The molecule has 0 atom stereocenters. The maximum absolute atomic E-state index is 14.8. The quantitative estimate of drug-likeness (QED) is 0.445. The van der Waals surface area contributed by atoms with Crippen molar-refractivity contribution < 1.29 is 9.18 Å². The van der Waals surface area contributed by atoms with E-state index in [0.717, 1.165) is 18.9 Å². The van der Waals surface area contributed by atoms with Crippen LogP contribution in [0.5, 0.6) is 0 Å². The van der Waals surface area contributed by atoms with E-state index in [0.29, 0.717) is 54.8 Å². The summed E-state index contributed by atoms with van der Waals surface area (Å²) in [6.07, 6.45) is 8.92. The molecular formula is C24H26ClFN8O. The topological polar surface area (TPSA) is 135 Å². The lowest BCUT2D eigenvalue weighted by Gasteiger charge is -2.29. The van der Waals surface area contributed by atoms with E-state index in [-0.39, 0.29) is 34.1 Å². The van der Waals surface area contributed by atoms with Gasteiger partial charge in [-0.3, -0.25) is 9.36 Å². The Morgan fingerprint density at radius 2 is 1.91 bits per heavy atom. The first kappa shape index (κ1) is 23.3. The van der Waals surface area contributed by atoms with Gasteiger partial charge in [0.05, 0.1) is 28.5 Å². The Morgan fingerprint density at radius 3 is 2.57 bits per heavy atom. The summed E-state index contributed by atoms with van der Waals surface area (Å²) in [6.45, 7) is 0. The minimum Gasteiger partial charge on any atom is -0.369 e. The lowest BCUT2D eigenvalue weighted by Crippen LogP contribution is -2.29. The van der Waals surface area contributed by atoms with Crippen LogP contribution in [0.1, 0.15) is 63.0 Å². The summed E-state index contributed by atoms with van der Waals surface area (Å²) in [4.78, 5) is 25.6. The van der Waals surface area contributed by atoms with Gasteiger partial charge in [-0.2, -0.15) is 10.2 Å². The molecule has 2 fully saturated rings. The number of aromatic nitrogens is 4. The monoisotopic (exact) mass is 496 g/mol. The van der Waals surface area contributed by atoms with E-state index in [1.807, 2.05) is 10.6 Å². The molecule has 0 aliphatic heterocycles. The van der Waals surface area contributed by atoms with Crippen molar-refractivity contribution in [1.82, 2.24) is 19.5 Å². The van der Waals surface area contributed by atoms with Gasteiger partial charge in [0.25, 0.3) is 0 Å². The van der Waals surface area contributed by atoms with Crippen LogP contribution in [0.25, 0.3) is 11.2 Å². The minimum absolute atomic E-state index is 0.0208. The molecule has 2 saturated carbocycles. The highest BCUT2D eigenvalue weighted by atomic mass is 35.5. The average molecular weight is 497 g/mol. The van der Waals surface area contributed by atoms with E-state index in [2.05, 4.69) is 20.6 Å². The largest absolute Gasteiger partial charge is 0.369 e. The highest BCUT2D eigenvalue weighted by Gasteiger charge is 2.30. The van der Waals surface area contributed by atoms with Gasteiger partial charge in [0, 0.05) is 18.0 Å². The fraction of sp³-hybridized carbons (Fsp3) is 0.458. The van der Waals surface area contributed by atoms with Gasteiger partial charge in [0.15, 0.2) is 5.65 Å². The summed E-state index contributed by atoms with van der Waals surface area (Å²) in [5.41, 5.74) is 6.87. The molecule has 182 valence electrons. The number of fused-ring (bicyclic) bond motifs is 1. The molecule has 2 aliphatic carbocycles. The number of rotatable bonds is 6. The molecule has 0 unspecified atom stereocenters. The smallest absolute Gasteiger partial charge is 0.224 e. The van der Waals surface area contributed by atoms with Gasteiger partial charge in [-0.05, 0) is 50.7 Å². The van der Waals surface area contributed by atoms with E-state index >= 15 is 0 Å². The molecule has 0 radical (unpaired) electrons. The van der Waals surface area contributed by atoms with Crippen LogP contribution in [-0.2, 0) is 4.79 Å². The SMILES string of the molecule is N#Cc1cc(F)c(Nc2nc3cnc(NC4CCCC4)nc3n2C2CCC(C(N)=O)CC2)c(Cl)c1. The summed E-state index contributed by atoms with van der Waals surface area (Å²) in [5, 5.41) is 15.6. The second kappa shape index (κ2) is 9.66. The second-order valence-electron chi connectivity index (χ2n) is 9.29. The third-order valence-corrected chi connectivity index (χ3v) is 7.29. The molecule has 2 aromatic heterocycles. The van der Waals surface area contributed by atoms with E-state index in [4.69, 9.17) is 27.6 Å². The van der Waals surface area contributed by atoms with Crippen molar-refractivity contribution in [3.8, 4) is 6.07 Å². The van der Waals surface area contributed by atoms with Crippen molar-refractivity contribution in [2.24, 2.45) is 11.7 Å². The molecule has 11 heteroatoms. The standard InChI is InChI=1S/C24H26ClFN8O/c25-17-9-13(11-27)10-18(26)20(17)32-24-31-19-12-29-23(30-15-3-1-2-4-15)33-22(19)34(24)16-7-5-14(6-8-16)21(28)35/h9-10,12,14-16H,1-8H2,(H2,28,35)(H,31,32)(H,29,30,33). The maximum atomic E-state index is 14.8. The van der Waals surface area contributed by atoms with Crippen LogP contribution in [0.3, 0.4) is 0 Å². The highest BCUT2D eigenvalue weighted by molar-refractivity contribution is 6.33. The van der Waals surface area contributed by atoms with Crippen molar-refractivity contribution in [2.45, 2.75) is 63.5 Å². The van der Waals surface area contributed by atoms with Crippen molar-refractivity contribution in [1.29, 1.82) is 5.26 Å². The Morgan fingerprint density at radius 1 is 1.17 bits per heavy atom. The van der Waals surface area contributed by atoms with Crippen LogP contribution in [0, 0.1) is 23.1 Å². The van der Waals surface area contributed by atoms with Gasteiger partial charge in [-0.25, -0.2) is 14.4 Å². The number of nitrogens with one attached hydrogen (secondary N) is 2. The van der Waals surface area contributed by atoms with Gasteiger partial charge in [-0.15, -0.1) is 0 Å². The zero-order chi connectivity index (χ0) is 24.5. The Balaban J connectivity index is 1.54. The number of nitrogens with two attached hydrogens (primary N) is 1. The van der Waals surface area contributed by atoms with E-state index in [1.54, 1.807) is 6.20 Å². The number of primary amides is 1. The molecule has 2 heterocycles. The van der Waals surface area contributed by atoms with E-state index in [1.165, 1.54) is 18.9 Å². The summed E-state index contributed by atoms with van der Waals surface area (Å²) in [5.74, 6) is -0.184. The summed E-state index contributed by atoms with van der Waals surface area (Å²) >= 11 is 6.29. The maximum Gasteiger partial charge on any atom is 0.224 e. The molecule has 0 saturated heterocycles. The van der Waals surface area contributed by atoms with Gasteiger partial charge in [0.1, 0.15) is 11.3 Å². The minimum atomic E-state index is -0.653. The highest BCUT2D eigenvalue weighted by Crippen LogP contribution is 2.38. The molecule has 1 amide bonds. The zero-order valence-corrected chi connectivity index (χ0v) is 19.9. The molecule has 9 nitrogen and oxygen atoms in total. The first-order valence-electron chi connectivity index (χ1n) is 11.9. The van der Waals surface area contributed by atoms with Crippen molar-refractivity contribution in [2.75, 3.05) is 10.6 Å². The third kappa shape index (κ3) is 4.73. The molecule has 0 spiro atoms. The van der Waals surface area contributed by atoms with Gasteiger partial charge in [-0.1, -0.05) is 24.4 Å². The Kier molecular flexibility index (Phi) is 6.43. The van der Waals surface area contributed by atoms with Crippen LogP contribution < -0.4 is 16.4 Å².